The summed E-state index contributed by atoms with van der Waals surface area (Å²) in [5.41, 5.74) is 2.05. The van der Waals surface area contributed by atoms with Crippen molar-refractivity contribution in [1.82, 2.24) is 4.98 Å². The maximum Gasteiger partial charge on any atom is 0.335 e. The van der Waals surface area contributed by atoms with Crippen LogP contribution in [0, 0.1) is 0 Å². The zero-order chi connectivity index (χ0) is 21.1. The number of aromatic carboxylic acids is 1. The molecule has 2 aromatic carbocycles. The fourth-order valence-electron chi connectivity index (χ4n) is 2.77. The lowest BCUT2D eigenvalue weighted by molar-refractivity contribution is 0.0696. The number of ether oxygens (including phenoxy) is 1. The second-order valence-electron chi connectivity index (χ2n) is 6.50. The lowest BCUT2D eigenvalue weighted by atomic mass is 10.0. The molecule has 0 saturated heterocycles. The van der Waals surface area contributed by atoms with Crippen LogP contribution in [0.25, 0.3) is 11.5 Å². The largest absolute Gasteiger partial charge is 0.495 e. The number of oxazole rings is 1. The second-order valence-corrected chi connectivity index (χ2v) is 7.33. The molecule has 1 heterocycles. The normalized spacial score (nSPS) is 12.0. The Morgan fingerprint density at radius 1 is 1.21 bits per heavy atom. The molecule has 8 nitrogen and oxygen atoms in total. The molecule has 2 N–H and O–H groups in total. The van der Waals surface area contributed by atoms with E-state index in [4.69, 9.17) is 14.3 Å². The summed E-state index contributed by atoms with van der Waals surface area (Å²) in [7, 11) is 1.34. The summed E-state index contributed by atoms with van der Waals surface area (Å²) < 4.78 is 33.6. The molecule has 3 rings (SSSR count). The van der Waals surface area contributed by atoms with Gasteiger partial charge in [-0.25, -0.2) is 13.3 Å². The number of carboxylic acids is 1. The van der Waals surface area contributed by atoms with Gasteiger partial charge in [0.05, 0.1) is 12.7 Å². The number of benzene rings is 2. The Bertz CT molecular complexity index is 1050. The minimum absolute atomic E-state index is 0.0136. The van der Waals surface area contributed by atoms with E-state index in [1.807, 2.05) is 24.3 Å². The number of aromatic nitrogens is 1. The molecule has 0 radical (unpaired) electrons. The molecule has 1 atom stereocenters. The van der Waals surface area contributed by atoms with Crippen molar-refractivity contribution < 1.29 is 27.8 Å². The van der Waals surface area contributed by atoms with Gasteiger partial charge in [-0.05, 0) is 41.8 Å². The van der Waals surface area contributed by atoms with Crippen LogP contribution in [-0.2, 0) is 11.3 Å². The van der Waals surface area contributed by atoms with Crippen LogP contribution in [0.1, 0.15) is 35.7 Å². The molecule has 3 aromatic rings. The molecule has 1 aromatic heterocycles. The lowest BCUT2D eigenvalue weighted by Gasteiger charge is -2.19. The fourth-order valence-corrected chi connectivity index (χ4v) is 3.33. The van der Waals surface area contributed by atoms with Crippen molar-refractivity contribution in [2.75, 3.05) is 11.4 Å². The number of carbonyl (C=O) groups is 1. The highest BCUT2D eigenvalue weighted by Crippen LogP contribution is 2.36. The molecule has 29 heavy (non-hydrogen) atoms. The summed E-state index contributed by atoms with van der Waals surface area (Å²) in [6.45, 7) is 4.19. The average Bonchev–Trinajstić information content (AvgIpc) is 3.17. The number of anilines is 2. The third kappa shape index (κ3) is 4.30. The van der Waals surface area contributed by atoms with E-state index in [0.717, 1.165) is 9.87 Å². The predicted octanol–water partition coefficient (Wildman–Crippen LogP) is 4.45. The number of methoxy groups -OCH3 is 1. The lowest BCUT2D eigenvalue weighted by Crippen LogP contribution is -2.20. The molecule has 152 valence electrons. The first-order chi connectivity index (χ1) is 13.8. The van der Waals surface area contributed by atoms with Crippen LogP contribution < -0.4 is 9.04 Å². The van der Waals surface area contributed by atoms with Crippen LogP contribution in [-0.4, -0.2) is 31.9 Å². The smallest absolute Gasteiger partial charge is 0.335 e. The zero-order valence-corrected chi connectivity index (χ0v) is 16.8. The Morgan fingerprint density at radius 3 is 2.45 bits per heavy atom. The molecule has 0 bridgehead atoms. The zero-order valence-electron chi connectivity index (χ0n) is 16.0. The molecular formula is C20H20N2O6S. The van der Waals surface area contributed by atoms with Gasteiger partial charge in [0.15, 0.2) is 5.82 Å². The summed E-state index contributed by atoms with van der Waals surface area (Å²) in [5.74, 6) is -0.280. The summed E-state index contributed by atoms with van der Waals surface area (Å²) in [4.78, 5) is 15.5. The topological polar surface area (TPSA) is 113 Å². The van der Waals surface area contributed by atoms with Crippen molar-refractivity contribution in [3.63, 3.8) is 0 Å². The van der Waals surface area contributed by atoms with Crippen LogP contribution in [0.3, 0.4) is 0 Å². The molecule has 0 amide bonds. The fraction of sp³-hybridized carbons (Fsp3) is 0.200. The van der Waals surface area contributed by atoms with E-state index in [1.54, 1.807) is 0 Å². The van der Waals surface area contributed by atoms with Gasteiger partial charge in [0.25, 0.3) is 11.3 Å². The molecule has 0 aliphatic carbocycles. The molecule has 0 fully saturated rings. The van der Waals surface area contributed by atoms with Crippen LogP contribution >= 0.6 is 0 Å². The van der Waals surface area contributed by atoms with Crippen molar-refractivity contribution in [1.29, 1.82) is 0 Å². The van der Waals surface area contributed by atoms with E-state index in [-0.39, 0.29) is 28.7 Å². The molecule has 1 unspecified atom stereocenters. The first-order valence-corrected chi connectivity index (χ1v) is 9.76. The Kier molecular flexibility index (Phi) is 6.00. The van der Waals surface area contributed by atoms with Gasteiger partial charge in [0.1, 0.15) is 17.7 Å². The molecule has 0 aliphatic rings. The summed E-state index contributed by atoms with van der Waals surface area (Å²) in [5, 5.41) is 9.14. The van der Waals surface area contributed by atoms with Crippen molar-refractivity contribution >= 4 is 28.7 Å². The summed E-state index contributed by atoms with van der Waals surface area (Å²) in [6, 6.07) is 11.6. The SMILES string of the molecule is COc1cc(C(=O)O)ccc1N(c1coc(-c2ccc(C(C)C)cc2)n1)S(=O)O. The van der Waals surface area contributed by atoms with Gasteiger partial charge in [-0.3, -0.25) is 4.55 Å². The third-order valence-electron chi connectivity index (χ3n) is 4.33. The highest BCUT2D eigenvalue weighted by molar-refractivity contribution is 7.81. The Labute approximate surface area is 170 Å². The Morgan fingerprint density at radius 2 is 1.90 bits per heavy atom. The number of rotatable bonds is 7. The van der Waals surface area contributed by atoms with Crippen molar-refractivity contribution in [2.24, 2.45) is 0 Å². The van der Waals surface area contributed by atoms with Crippen LogP contribution in [0.4, 0.5) is 11.5 Å². The third-order valence-corrected chi connectivity index (χ3v) is 5.02. The maximum atomic E-state index is 12.0. The highest BCUT2D eigenvalue weighted by Gasteiger charge is 2.24. The average molecular weight is 416 g/mol. The summed E-state index contributed by atoms with van der Waals surface area (Å²) >= 11 is -2.50. The van der Waals surface area contributed by atoms with E-state index < -0.39 is 17.2 Å². The first kappa shape index (κ1) is 20.6. The van der Waals surface area contributed by atoms with E-state index in [0.29, 0.717) is 5.92 Å². The second kappa shape index (κ2) is 8.46. The number of hydrogen-bond donors (Lipinski definition) is 2. The van der Waals surface area contributed by atoms with Crippen LogP contribution in [0.2, 0.25) is 0 Å². The van der Waals surface area contributed by atoms with Crippen LogP contribution in [0.15, 0.2) is 53.1 Å². The van der Waals surface area contributed by atoms with Gasteiger partial charge in [-0.1, -0.05) is 26.0 Å². The molecule has 0 aliphatic heterocycles. The van der Waals surface area contributed by atoms with E-state index in [9.17, 15) is 13.6 Å². The van der Waals surface area contributed by atoms with E-state index in [1.165, 1.54) is 37.1 Å². The summed E-state index contributed by atoms with van der Waals surface area (Å²) in [6.07, 6.45) is 1.25. The minimum atomic E-state index is -2.50. The highest BCUT2D eigenvalue weighted by atomic mass is 32.2. The van der Waals surface area contributed by atoms with Gasteiger partial charge >= 0.3 is 5.97 Å². The minimum Gasteiger partial charge on any atom is -0.495 e. The van der Waals surface area contributed by atoms with Crippen molar-refractivity contribution in [3.8, 4) is 17.2 Å². The van der Waals surface area contributed by atoms with E-state index >= 15 is 0 Å². The van der Waals surface area contributed by atoms with Crippen LogP contribution in [0.5, 0.6) is 5.75 Å². The maximum absolute atomic E-state index is 12.0. The molecular weight excluding hydrogens is 396 g/mol. The Hall–Kier alpha value is -3.17. The number of hydrogen-bond acceptors (Lipinski definition) is 5. The van der Waals surface area contributed by atoms with Gasteiger partial charge in [0, 0.05) is 5.56 Å². The van der Waals surface area contributed by atoms with Crippen molar-refractivity contribution in [3.05, 3.63) is 59.9 Å². The monoisotopic (exact) mass is 416 g/mol. The Balaban J connectivity index is 1.99. The number of nitrogens with zero attached hydrogens (tertiary/aromatic N) is 2. The first-order valence-electron chi connectivity index (χ1n) is 8.70. The predicted molar refractivity (Wildman–Crippen MR) is 109 cm³/mol. The van der Waals surface area contributed by atoms with E-state index in [2.05, 4.69) is 18.8 Å². The number of carboxylic acid groups (broad SMARTS) is 1. The van der Waals surface area contributed by atoms with Gasteiger partial charge in [0.2, 0.25) is 5.89 Å². The molecule has 0 saturated carbocycles. The standard InChI is InChI=1S/C20H20N2O6S/c1-12(2)13-4-6-14(7-5-13)19-21-18(11-28-19)22(29(25)26)16-9-8-15(20(23)24)10-17(16)27-3/h4-12H,1-3H3,(H,23,24)(H,25,26). The molecule has 9 heteroatoms. The van der Waals surface area contributed by atoms with Gasteiger partial charge < -0.3 is 14.3 Å². The molecule has 0 spiro atoms. The van der Waals surface area contributed by atoms with Gasteiger partial charge in [-0.2, -0.15) is 4.98 Å². The quantitative estimate of drug-likeness (QED) is 0.547. The van der Waals surface area contributed by atoms with Gasteiger partial charge in [-0.15, -0.1) is 0 Å². The van der Waals surface area contributed by atoms with Crippen molar-refractivity contribution in [2.45, 2.75) is 19.8 Å².